The number of aliphatic carboxylic acids is 1. The smallest absolute Gasteiger partial charge is 0.419 e. The van der Waals surface area contributed by atoms with Crippen LogP contribution < -0.4 is 19.5 Å². The topological polar surface area (TPSA) is 170 Å². The molecule has 16 heteroatoms. The number of ether oxygens (including phenoxy) is 2. The Morgan fingerprint density at radius 2 is 1.61 bits per heavy atom. The Morgan fingerprint density at radius 3 is 2.13 bits per heavy atom. The third-order valence-electron chi connectivity index (χ3n) is 4.63. The van der Waals surface area contributed by atoms with E-state index in [9.17, 15) is 31.2 Å². The number of alkyl halides is 3. The average Bonchev–Trinajstić information content (AvgIpc) is 2.85. The molecule has 0 unspecified atom stereocenters. The molecule has 0 saturated carbocycles. The zero-order valence-corrected chi connectivity index (χ0v) is 21.9. The van der Waals surface area contributed by atoms with E-state index in [0.717, 1.165) is 25.1 Å². The molecule has 0 aliphatic rings. The van der Waals surface area contributed by atoms with Crippen molar-refractivity contribution in [1.29, 1.82) is 0 Å². The van der Waals surface area contributed by atoms with Crippen molar-refractivity contribution in [2.75, 3.05) is 19.5 Å². The van der Waals surface area contributed by atoms with Gasteiger partial charge in [-0.2, -0.15) is 31.6 Å². The summed E-state index contributed by atoms with van der Waals surface area (Å²) in [5.74, 6) is -1.09. The van der Waals surface area contributed by atoms with Crippen LogP contribution in [-0.2, 0) is 21.0 Å². The van der Waals surface area contributed by atoms with Crippen LogP contribution in [0.4, 0.5) is 23.9 Å². The van der Waals surface area contributed by atoms with Crippen molar-refractivity contribution in [3.05, 3.63) is 30.0 Å². The highest BCUT2D eigenvalue weighted by Gasteiger charge is 2.38. The van der Waals surface area contributed by atoms with Crippen molar-refractivity contribution in [2.24, 2.45) is 0 Å². The van der Waals surface area contributed by atoms with Crippen LogP contribution in [-0.4, -0.2) is 54.7 Å². The van der Waals surface area contributed by atoms with Gasteiger partial charge in [0.2, 0.25) is 17.7 Å². The van der Waals surface area contributed by atoms with Crippen LogP contribution in [0.1, 0.15) is 57.4 Å². The van der Waals surface area contributed by atoms with Gasteiger partial charge in [0.15, 0.2) is 5.03 Å². The molecule has 0 spiro atoms. The number of nitrogens with one attached hydrogen (secondary N) is 2. The molecule has 2 aromatic heterocycles. The molecular weight excluding hydrogens is 535 g/mol. The van der Waals surface area contributed by atoms with Gasteiger partial charge in [0.05, 0.1) is 25.8 Å². The zero-order chi connectivity index (χ0) is 28.8. The number of carbonyl (C=O) groups is 2. The summed E-state index contributed by atoms with van der Waals surface area (Å²) in [5.41, 5.74) is -1.52. The van der Waals surface area contributed by atoms with E-state index in [1.165, 1.54) is 50.7 Å². The van der Waals surface area contributed by atoms with E-state index in [1.807, 2.05) is 5.32 Å². The number of sulfonamides is 1. The number of urea groups is 1. The first-order chi connectivity index (χ1) is 17.8. The van der Waals surface area contributed by atoms with Crippen LogP contribution in [0.25, 0.3) is 0 Å². The molecule has 0 fully saturated rings. The van der Waals surface area contributed by atoms with E-state index < -0.39 is 44.7 Å². The number of carboxylic acids is 1. The minimum absolute atomic E-state index is 0.0101. The lowest BCUT2D eigenvalue weighted by Crippen LogP contribution is -2.36. The number of rotatable bonds is 12. The van der Waals surface area contributed by atoms with Gasteiger partial charge >= 0.3 is 18.2 Å². The van der Waals surface area contributed by atoms with Gasteiger partial charge < -0.3 is 14.6 Å². The first-order valence-electron chi connectivity index (χ1n) is 11.4. The Balaban J connectivity index is 0.000000554. The van der Waals surface area contributed by atoms with Crippen molar-refractivity contribution in [1.82, 2.24) is 19.7 Å². The number of anilines is 1. The number of hydrogen-bond acceptors (Lipinski definition) is 9. The third kappa shape index (κ3) is 11.6. The van der Waals surface area contributed by atoms with Crippen LogP contribution >= 0.6 is 0 Å². The maximum atomic E-state index is 12.9. The molecule has 0 saturated heterocycles. The molecule has 2 aromatic rings. The number of methoxy groups -OCH3 is 2. The van der Waals surface area contributed by atoms with Crippen LogP contribution in [0.2, 0.25) is 0 Å². The maximum Gasteiger partial charge on any atom is 0.419 e. The Morgan fingerprint density at radius 1 is 1.03 bits per heavy atom. The number of unbranched alkanes of at least 4 members (excludes halogenated alkanes) is 5. The largest absolute Gasteiger partial charge is 0.481 e. The first kappa shape index (κ1) is 32.3. The maximum absolute atomic E-state index is 12.9. The summed E-state index contributed by atoms with van der Waals surface area (Å²) in [6.07, 6.45) is 3.11. The average molecular weight is 566 g/mol. The lowest BCUT2D eigenvalue weighted by Gasteiger charge is -2.13. The molecule has 0 atom stereocenters. The van der Waals surface area contributed by atoms with E-state index in [0.29, 0.717) is 12.5 Å². The molecule has 12 nitrogen and oxygen atoms in total. The normalized spacial score (nSPS) is 11.1. The molecule has 0 aliphatic carbocycles. The molecule has 0 bridgehead atoms. The lowest BCUT2D eigenvalue weighted by molar-refractivity contribution is -0.140. The molecule has 0 aliphatic heterocycles. The summed E-state index contributed by atoms with van der Waals surface area (Å²) in [5, 5.41) is 8.92. The quantitative estimate of drug-likeness (QED) is 0.316. The van der Waals surface area contributed by atoms with Crippen LogP contribution in [0, 0.1) is 0 Å². The van der Waals surface area contributed by atoms with Crippen LogP contribution in [0.5, 0.6) is 11.8 Å². The van der Waals surface area contributed by atoms with E-state index >= 15 is 0 Å². The number of carbonyl (C=O) groups excluding carboxylic acids is 1. The summed E-state index contributed by atoms with van der Waals surface area (Å²) in [4.78, 5) is 32.6. The van der Waals surface area contributed by atoms with Crippen molar-refractivity contribution < 1.29 is 45.8 Å². The van der Waals surface area contributed by atoms with Crippen LogP contribution in [0.15, 0.2) is 29.4 Å². The second-order valence-corrected chi connectivity index (χ2v) is 9.20. The standard InChI is InChI=1S/C13H12F3N5O5S.C9H18O2/c1-25-8-6-9(26-2)19-11(18-8)20-12(22)21-27(23,24)10-7(13(14,15)16)4-3-5-17-10;1-2-3-4-5-6-7-8-9(10)11/h3-6H,1-2H3,(H2,18,19,20,21,22);2-8H2,1H3,(H,10,11). The van der Waals surface area contributed by atoms with E-state index in [2.05, 4.69) is 21.9 Å². The predicted molar refractivity (Wildman–Crippen MR) is 129 cm³/mol. The van der Waals surface area contributed by atoms with Gasteiger partial charge in [-0.1, -0.05) is 39.0 Å². The summed E-state index contributed by atoms with van der Waals surface area (Å²) in [6, 6.07) is 1.31. The zero-order valence-electron chi connectivity index (χ0n) is 21.0. The van der Waals surface area contributed by atoms with E-state index in [1.54, 1.807) is 0 Å². The number of carboxylic acid groups (broad SMARTS) is 1. The monoisotopic (exact) mass is 565 g/mol. The minimum Gasteiger partial charge on any atom is -0.481 e. The van der Waals surface area contributed by atoms with Crippen molar-refractivity contribution in [3.63, 3.8) is 0 Å². The van der Waals surface area contributed by atoms with Crippen molar-refractivity contribution in [2.45, 2.75) is 63.1 Å². The number of amides is 2. The Hall–Kier alpha value is -3.69. The first-order valence-corrected chi connectivity index (χ1v) is 12.9. The highest BCUT2D eigenvalue weighted by Crippen LogP contribution is 2.32. The molecule has 2 amide bonds. The second-order valence-electron chi connectivity index (χ2n) is 7.60. The van der Waals surface area contributed by atoms with Gasteiger partial charge in [0, 0.05) is 12.6 Å². The summed E-state index contributed by atoms with van der Waals surface area (Å²) >= 11 is 0. The van der Waals surface area contributed by atoms with Gasteiger partial charge in [0.25, 0.3) is 10.0 Å². The molecule has 3 N–H and O–H groups in total. The molecular formula is C22H30F3N5O7S. The number of nitrogens with zero attached hydrogens (tertiary/aromatic N) is 3. The fraction of sp³-hybridized carbons (Fsp3) is 0.500. The molecule has 38 heavy (non-hydrogen) atoms. The fourth-order valence-corrected chi connectivity index (χ4v) is 3.91. The van der Waals surface area contributed by atoms with Crippen LogP contribution in [0.3, 0.4) is 0 Å². The van der Waals surface area contributed by atoms with Crippen molar-refractivity contribution >= 4 is 28.0 Å². The number of hydrogen-bond donors (Lipinski definition) is 3. The minimum atomic E-state index is -4.99. The number of pyridine rings is 1. The molecule has 0 aromatic carbocycles. The summed E-state index contributed by atoms with van der Waals surface area (Å²) < 4.78 is 74.2. The summed E-state index contributed by atoms with van der Waals surface area (Å²) in [7, 11) is -2.39. The molecule has 0 radical (unpaired) electrons. The Labute approximate surface area is 218 Å². The highest BCUT2D eigenvalue weighted by atomic mass is 32.2. The van der Waals surface area contributed by atoms with Gasteiger partial charge in [-0.15, -0.1) is 0 Å². The summed E-state index contributed by atoms with van der Waals surface area (Å²) in [6.45, 7) is 2.18. The van der Waals surface area contributed by atoms with E-state index in [-0.39, 0.29) is 11.8 Å². The van der Waals surface area contributed by atoms with Gasteiger partial charge in [-0.25, -0.2) is 14.5 Å². The predicted octanol–water partition coefficient (Wildman–Crippen LogP) is 4.24. The fourth-order valence-electron chi connectivity index (χ4n) is 2.84. The Kier molecular flexibility index (Phi) is 13.2. The molecule has 2 heterocycles. The third-order valence-corrected chi connectivity index (χ3v) is 5.91. The molecule has 212 valence electrons. The van der Waals surface area contributed by atoms with E-state index in [4.69, 9.17) is 14.6 Å². The van der Waals surface area contributed by atoms with Gasteiger partial charge in [-0.3, -0.25) is 10.1 Å². The van der Waals surface area contributed by atoms with Crippen molar-refractivity contribution in [3.8, 4) is 11.8 Å². The highest BCUT2D eigenvalue weighted by molar-refractivity contribution is 7.90. The van der Waals surface area contributed by atoms with Gasteiger partial charge in [0.1, 0.15) is 0 Å². The second kappa shape index (κ2) is 15.5. The van der Waals surface area contributed by atoms with Gasteiger partial charge in [-0.05, 0) is 18.6 Å². The number of aromatic nitrogens is 3. The number of halogens is 3. The lowest BCUT2D eigenvalue weighted by atomic mass is 10.1. The Bertz CT molecular complexity index is 1140. The SMILES string of the molecule is CCCCCCCCC(=O)O.COc1cc(OC)nc(NC(=O)NS(=O)(=O)c2ncccc2C(F)(F)F)n1. The molecule has 2 rings (SSSR count).